The fourth-order valence-electron chi connectivity index (χ4n) is 2.24. The van der Waals surface area contributed by atoms with Gasteiger partial charge in [0.15, 0.2) is 6.10 Å². The maximum atomic E-state index is 12.2. The van der Waals surface area contributed by atoms with E-state index in [4.69, 9.17) is 9.47 Å². The van der Waals surface area contributed by atoms with Crippen LogP contribution in [0.4, 0.5) is 0 Å². The minimum absolute atomic E-state index is 0.185. The lowest BCUT2D eigenvalue weighted by Gasteiger charge is -2.27. The molecule has 0 spiro atoms. The first-order valence-electron chi connectivity index (χ1n) is 7.34. The molecule has 124 valence electrons. The van der Waals surface area contributed by atoms with Gasteiger partial charge in [-0.3, -0.25) is 9.78 Å². The number of hydrogen-bond donors (Lipinski definition) is 1. The Hall–Kier alpha value is -1.41. The van der Waals surface area contributed by atoms with Crippen molar-refractivity contribution in [2.24, 2.45) is 0 Å². The van der Waals surface area contributed by atoms with Crippen molar-refractivity contribution >= 4 is 39.4 Å². The SMILES string of the molecule is COCC(C)(C)NC(=O)C(C)Oc1cnc2ccc(I)cc2c1. The van der Waals surface area contributed by atoms with E-state index in [-0.39, 0.29) is 5.91 Å². The molecule has 1 heterocycles. The normalized spacial score (nSPS) is 12.9. The van der Waals surface area contributed by atoms with Gasteiger partial charge < -0.3 is 14.8 Å². The van der Waals surface area contributed by atoms with Crippen LogP contribution in [0.25, 0.3) is 10.9 Å². The summed E-state index contributed by atoms with van der Waals surface area (Å²) in [6.45, 7) is 5.96. The maximum Gasteiger partial charge on any atom is 0.261 e. The molecule has 23 heavy (non-hydrogen) atoms. The highest BCUT2D eigenvalue weighted by molar-refractivity contribution is 14.1. The number of rotatable bonds is 6. The number of carbonyl (C=O) groups excluding carboxylic acids is 1. The van der Waals surface area contributed by atoms with E-state index in [9.17, 15) is 4.79 Å². The number of halogens is 1. The average Bonchev–Trinajstić information content (AvgIpc) is 2.46. The highest BCUT2D eigenvalue weighted by atomic mass is 127. The van der Waals surface area contributed by atoms with E-state index in [1.165, 1.54) is 0 Å². The lowest BCUT2D eigenvalue weighted by Crippen LogP contribution is -2.51. The summed E-state index contributed by atoms with van der Waals surface area (Å²) in [7, 11) is 1.61. The first kappa shape index (κ1) is 17.9. The molecule has 0 radical (unpaired) electrons. The minimum Gasteiger partial charge on any atom is -0.479 e. The largest absolute Gasteiger partial charge is 0.479 e. The topological polar surface area (TPSA) is 60.5 Å². The van der Waals surface area contributed by atoms with Crippen LogP contribution >= 0.6 is 22.6 Å². The highest BCUT2D eigenvalue weighted by Gasteiger charge is 2.24. The van der Waals surface area contributed by atoms with Crippen molar-refractivity contribution < 1.29 is 14.3 Å². The van der Waals surface area contributed by atoms with Crippen LogP contribution in [0.1, 0.15) is 20.8 Å². The number of amides is 1. The molecule has 0 bridgehead atoms. The number of benzene rings is 1. The third kappa shape index (κ3) is 5.04. The van der Waals surface area contributed by atoms with Gasteiger partial charge in [-0.15, -0.1) is 0 Å². The first-order valence-corrected chi connectivity index (χ1v) is 8.41. The standard InChI is InChI=1S/C17H21IN2O3/c1-11(16(21)20-17(2,3)10-22-4)23-14-8-12-7-13(18)5-6-15(12)19-9-14/h5-9,11H,10H2,1-4H3,(H,20,21). The Kier molecular flexibility index (Phi) is 5.80. The van der Waals surface area contributed by atoms with E-state index in [2.05, 4.69) is 32.9 Å². The van der Waals surface area contributed by atoms with Gasteiger partial charge in [-0.2, -0.15) is 0 Å². The van der Waals surface area contributed by atoms with Gasteiger partial charge in [0, 0.05) is 16.1 Å². The zero-order valence-electron chi connectivity index (χ0n) is 13.7. The highest BCUT2D eigenvalue weighted by Crippen LogP contribution is 2.21. The van der Waals surface area contributed by atoms with Gasteiger partial charge in [0.05, 0.1) is 23.9 Å². The number of fused-ring (bicyclic) bond motifs is 1. The van der Waals surface area contributed by atoms with Crippen LogP contribution in [-0.4, -0.2) is 36.3 Å². The van der Waals surface area contributed by atoms with E-state index in [0.717, 1.165) is 14.5 Å². The number of ether oxygens (including phenoxy) is 2. The Balaban J connectivity index is 2.07. The van der Waals surface area contributed by atoms with Crippen LogP contribution in [-0.2, 0) is 9.53 Å². The molecule has 1 unspecified atom stereocenters. The third-order valence-corrected chi connectivity index (χ3v) is 3.94. The average molecular weight is 428 g/mol. The number of methoxy groups -OCH3 is 1. The Morgan fingerprint density at radius 2 is 2.13 bits per heavy atom. The van der Waals surface area contributed by atoms with Gasteiger partial charge >= 0.3 is 0 Å². The lowest BCUT2D eigenvalue weighted by atomic mass is 10.1. The van der Waals surface area contributed by atoms with Crippen LogP contribution in [0.15, 0.2) is 30.5 Å². The monoisotopic (exact) mass is 428 g/mol. The second kappa shape index (κ2) is 7.44. The molecule has 0 saturated carbocycles. The molecule has 1 N–H and O–H groups in total. The summed E-state index contributed by atoms with van der Waals surface area (Å²) in [6, 6.07) is 7.89. The summed E-state index contributed by atoms with van der Waals surface area (Å²) in [4.78, 5) is 16.6. The number of pyridine rings is 1. The molecule has 6 heteroatoms. The number of carbonyl (C=O) groups is 1. The molecule has 1 amide bonds. The van der Waals surface area contributed by atoms with Gasteiger partial charge in [-0.25, -0.2) is 0 Å². The van der Waals surface area contributed by atoms with Crippen molar-refractivity contribution in [3.63, 3.8) is 0 Å². The number of aromatic nitrogens is 1. The van der Waals surface area contributed by atoms with E-state index in [0.29, 0.717) is 12.4 Å². The second-order valence-electron chi connectivity index (χ2n) is 6.07. The summed E-state index contributed by atoms with van der Waals surface area (Å²) < 4.78 is 12.0. The second-order valence-corrected chi connectivity index (χ2v) is 7.32. The Labute approximate surface area is 149 Å². The summed E-state index contributed by atoms with van der Waals surface area (Å²) in [6.07, 6.45) is 1.02. The van der Waals surface area contributed by atoms with Crippen LogP contribution in [0.3, 0.4) is 0 Å². The molecule has 5 nitrogen and oxygen atoms in total. The van der Waals surface area contributed by atoms with E-state index in [1.807, 2.05) is 38.1 Å². The van der Waals surface area contributed by atoms with Crippen LogP contribution in [0.5, 0.6) is 5.75 Å². The zero-order valence-corrected chi connectivity index (χ0v) is 15.9. The van der Waals surface area contributed by atoms with E-state index < -0.39 is 11.6 Å². The molecule has 1 atom stereocenters. The zero-order chi connectivity index (χ0) is 17.0. The van der Waals surface area contributed by atoms with Crippen molar-refractivity contribution in [2.75, 3.05) is 13.7 Å². The molecule has 2 aromatic rings. The molecule has 0 aliphatic rings. The fraction of sp³-hybridized carbons (Fsp3) is 0.412. The van der Waals surface area contributed by atoms with Crippen molar-refractivity contribution in [1.82, 2.24) is 10.3 Å². The van der Waals surface area contributed by atoms with Gasteiger partial charge in [0.1, 0.15) is 5.75 Å². The molecule has 1 aromatic carbocycles. The number of nitrogens with one attached hydrogen (secondary N) is 1. The summed E-state index contributed by atoms with van der Waals surface area (Å²) in [5, 5.41) is 3.90. The molecular formula is C17H21IN2O3. The van der Waals surface area contributed by atoms with E-state index >= 15 is 0 Å². The molecular weight excluding hydrogens is 407 g/mol. The van der Waals surface area contributed by atoms with Crippen LogP contribution in [0, 0.1) is 3.57 Å². The predicted molar refractivity (Wildman–Crippen MR) is 98.6 cm³/mol. The van der Waals surface area contributed by atoms with Gasteiger partial charge in [-0.05, 0) is 67.6 Å². The molecule has 2 rings (SSSR count). The van der Waals surface area contributed by atoms with Crippen LogP contribution < -0.4 is 10.1 Å². The van der Waals surface area contributed by atoms with Gasteiger partial charge in [0.25, 0.3) is 5.91 Å². The Morgan fingerprint density at radius 1 is 1.39 bits per heavy atom. The van der Waals surface area contributed by atoms with Crippen molar-refractivity contribution in [3.05, 3.63) is 34.0 Å². The fourth-order valence-corrected chi connectivity index (χ4v) is 2.75. The Bertz CT molecular complexity index is 703. The molecule has 1 aromatic heterocycles. The van der Waals surface area contributed by atoms with Crippen LogP contribution in [0.2, 0.25) is 0 Å². The summed E-state index contributed by atoms with van der Waals surface area (Å²) in [5.41, 5.74) is 0.456. The smallest absolute Gasteiger partial charge is 0.261 e. The van der Waals surface area contributed by atoms with Gasteiger partial charge in [-0.1, -0.05) is 0 Å². The van der Waals surface area contributed by atoms with Gasteiger partial charge in [0.2, 0.25) is 0 Å². The predicted octanol–water partition coefficient (Wildman–Crippen LogP) is 3.15. The molecule has 0 saturated heterocycles. The maximum absolute atomic E-state index is 12.2. The minimum atomic E-state index is -0.617. The molecule has 0 fully saturated rings. The first-order chi connectivity index (χ1) is 10.8. The lowest BCUT2D eigenvalue weighted by molar-refractivity contribution is -0.129. The summed E-state index contributed by atoms with van der Waals surface area (Å²) in [5.74, 6) is 0.390. The quantitative estimate of drug-likeness (QED) is 0.719. The van der Waals surface area contributed by atoms with Crippen molar-refractivity contribution in [2.45, 2.75) is 32.4 Å². The number of nitrogens with zero attached hydrogens (tertiary/aromatic N) is 1. The third-order valence-electron chi connectivity index (χ3n) is 3.27. The molecule has 0 aliphatic carbocycles. The number of hydrogen-bond acceptors (Lipinski definition) is 4. The summed E-state index contributed by atoms with van der Waals surface area (Å²) >= 11 is 2.25. The van der Waals surface area contributed by atoms with Crippen molar-refractivity contribution in [3.8, 4) is 5.75 Å². The molecule has 0 aliphatic heterocycles. The van der Waals surface area contributed by atoms with E-state index in [1.54, 1.807) is 20.2 Å². The Morgan fingerprint density at radius 3 is 2.83 bits per heavy atom. The van der Waals surface area contributed by atoms with Crippen molar-refractivity contribution in [1.29, 1.82) is 0 Å².